The average molecular weight is 467 g/mol. The van der Waals surface area contributed by atoms with Crippen molar-refractivity contribution < 1.29 is 9.53 Å². The molecule has 0 unspecified atom stereocenters. The van der Waals surface area contributed by atoms with Crippen molar-refractivity contribution in [3.05, 3.63) is 64.2 Å². The molecule has 4 nitrogen and oxygen atoms in total. The van der Waals surface area contributed by atoms with Crippen molar-refractivity contribution in [3.63, 3.8) is 0 Å². The summed E-state index contributed by atoms with van der Waals surface area (Å²) in [5.74, 6) is 0. The molecule has 0 fully saturated rings. The summed E-state index contributed by atoms with van der Waals surface area (Å²) in [6, 6.07) is 12.8. The molecule has 2 aromatic rings. The maximum atomic E-state index is 11.9. The van der Waals surface area contributed by atoms with Gasteiger partial charge in [-0.2, -0.15) is 0 Å². The maximum absolute atomic E-state index is 11.9. The molecule has 0 saturated carbocycles. The number of benzene rings is 2. The lowest BCUT2D eigenvalue weighted by atomic mass is 10.1. The Balaban J connectivity index is 1.34. The molecule has 2 N–H and O–H groups in total. The van der Waals surface area contributed by atoms with Crippen LogP contribution < -0.4 is 10.6 Å². The van der Waals surface area contributed by atoms with Crippen LogP contribution in [0.1, 0.15) is 92.0 Å². The van der Waals surface area contributed by atoms with Crippen LogP contribution in [0.2, 0.25) is 0 Å². The second-order valence-corrected chi connectivity index (χ2v) is 9.85. The lowest BCUT2D eigenvalue weighted by Gasteiger charge is -2.09. The molecule has 0 aliphatic carbocycles. The number of amides is 1. The van der Waals surface area contributed by atoms with Crippen LogP contribution in [0.3, 0.4) is 0 Å². The van der Waals surface area contributed by atoms with E-state index in [4.69, 9.17) is 4.74 Å². The standard InChI is InChI=1S/C30H46N2O2/c1-24-17-25(2)20-28(19-24)23-31-15-13-11-9-7-5-6-8-10-12-14-16-34-30(33)32-29-21-26(3)18-27(4)22-29/h17-22,31H,5-16,23H2,1-4H3,(H,32,33). The molecule has 0 radical (unpaired) electrons. The van der Waals surface area contributed by atoms with Gasteiger partial charge in [-0.25, -0.2) is 4.79 Å². The monoisotopic (exact) mass is 466 g/mol. The van der Waals surface area contributed by atoms with Gasteiger partial charge in [-0.05, 0) is 75.9 Å². The van der Waals surface area contributed by atoms with Crippen LogP contribution in [-0.2, 0) is 11.3 Å². The molecule has 2 rings (SSSR count). The highest BCUT2D eigenvalue weighted by Gasteiger charge is 2.04. The Labute approximate surface area is 207 Å². The molecule has 0 spiro atoms. The molecule has 1 amide bonds. The van der Waals surface area contributed by atoms with E-state index in [1.807, 2.05) is 26.0 Å². The highest BCUT2D eigenvalue weighted by Crippen LogP contribution is 2.14. The third-order valence-electron chi connectivity index (χ3n) is 6.06. The summed E-state index contributed by atoms with van der Waals surface area (Å²) in [6.07, 6.45) is 12.2. The van der Waals surface area contributed by atoms with Gasteiger partial charge < -0.3 is 10.1 Å². The van der Waals surface area contributed by atoms with Gasteiger partial charge in [-0.15, -0.1) is 0 Å². The zero-order valence-corrected chi connectivity index (χ0v) is 22.0. The first-order chi connectivity index (χ1) is 16.4. The topological polar surface area (TPSA) is 50.4 Å². The second-order valence-electron chi connectivity index (χ2n) is 9.85. The summed E-state index contributed by atoms with van der Waals surface area (Å²) in [4.78, 5) is 11.9. The van der Waals surface area contributed by atoms with E-state index in [1.54, 1.807) is 0 Å². The number of ether oxygens (including phenoxy) is 1. The molecular weight excluding hydrogens is 420 g/mol. The predicted octanol–water partition coefficient (Wildman–Crippen LogP) is 8.16. The first-order valence-electron chi connectivity index (χ1n) is 13.2. The SMILES string of the molecule is Cc1cc(C)cc(CNCCCCCCCCCCCCOC(=O)Nc2cc(C)cc(C)c2)c1. The molecule has 188 valence electrons. The summed E-state index contributed by atoms with van der Waals surface area (Å²) in [5, 5.41) is 6.40. The zero-order chi connectivity index (χ0) is 24.6. The molecule has 2 aromatic carbocycles. The summed E-state index contributed by atoms with van der Waals surface area (Å²) < 4.78 is 5.31. The smallest absolute Gasteiger partial charge is 0.411 e. The van der Waals surface area contributed by atoms with Gasteiger partial charge in [0, 0.05) is 12.2 Å². The van der Waals surface area contributed by atoms with Crippen molar-refractivity contribution in [2.24, 2.45) is 0 Å². The van der Waals surface area contributed by atoms with Gasteiger partial charge in [-0.3, -0.25) is 5.32 Å². The largest absolute Gasteiger partial charge is 0.449 e. The lowest BCUT2D eigenvalue weighted by Crippen LogP contribution is -2.14. The Morgan fingerprint density at radius 2 is 1.12 bits per heavy atom. The molecule has 34 heavy (non-hydrogen) atoms. The highest BCUT2D eigenvalue weighted by atomic mass is 16.5. The van der Waals surface area contributed by atoms with Gasteiger partial charge in [0.05, 0.1) is 6.61 Å². The number of hydrogen-bond acceptors (Lipinski definition) is 3. The number of nitrogens with one attached hydrogen (secondary N) is 2. The van der Waals surface area contributed by atoms with Crippen LogP contribution in [0.5, 0.6) is 0 Å². The van der Waals surface area contributed by atoms with E-state index in [2.05, 4.69) is 48.7 Å². The lowest BCUT2D eigenvalue weighted by molar-refractivity contribution is 0.159. The molecule has 0 saturated heterocycles. The number of carbonyl (C=O) groups excluding carboxylic acids is 1. The van der Waals surface area contributed by atoms with Crippen LogP contribution in [0.25, 0.3) is 0 Å². The fourth-order valence-corrected chi connectivity index (χ4v) is 4.54. The summed E-state index contributed by atoms with van der Waals surface area (Å²) >= 11 is 0. The van der Waals surface area contributed by atoms with Crippen LogP contribution in [0, 0.1) is 27.7 Å². The van der Waals surface area contributed by atoms with Crippen molar-refractivity contribution in [1.29, 1.82) is 0 Å². The first-order valence-corrected chi connectivity index (χ1v) is 13.2. The molecular formula is C30H46N2O2. The molecule has 0 heterocycles. The Bertz CT molecular complexity index is 822. The zero-order valence-electron chi connectivity index (χ0n) is 22.0. The van der Waals surface area contributed by atoms with Crippen LogP contribution in [0.4, 0.5) is 10.5 Å². The van der Waals surface area contributed by atoms with Crippen LogP contribution >= 0.6 is 0 Å². The number of rotatable bonds is 16. The van der Waals surface area contributed by atoms with Crippen molar-refractivity contribution >= 4 is 11.8 Å². The Hall–Kier alpha value is -2.33. The molecule has 0 aliphatic heterocycles. The summed E-state index contributed by atoms with van der Waals surface area (Å²) in [6.45, 7) is 11.0. The van der Waals surface area contributed by atoms with Gasteiger partial charge >= 0.3 is 6.09 Å². The Kier molecular flexibility index (Phi) is 13.4. The van der Waals surface area contributed by atoms with Gasteiger partial charge in [0.15, 0.2) is 0 Å². The minimum absolute atomic E-state index is 0.356. The third-order valence-corrected chi connectivity index (χ3v) is 6.06. The van der Waals surface area contributed by atoms with Crippen molar-refractivity contribution in [1.82, 2.24) is 5.32 Å². The number of carbonyl (C=O) groups is 1. The van der Waals surface area contributed by atoms with Crippen molar-refractivity contribution in [2.45, 2.75) is 98.4 Å². The predicted molar refractivity (Wildman–Crippen MR) is 145 cm³/mol. The van der Waals surface area contributed by atoms with Crippen molar-refractivity contribution in [2.75, 3.05) is 18.5 Å². The molecule has 4 heteroatoms. The van der Waals surface area contributed by atoms with Gasteiger partial charge in [-0.1, -0.05) is 86.8 Å². The fourth-order valence-electron chi connectivity index (χ4n) is 4.54. The quantitative estimate of drug-likeness (QED) is 0.245. The van der Waals surface area contributed by atoms with Gasteiger partial charge in [0.25, 0.3) is 0 Å². The van der Waals surface area contributed by atoms with E-state index in [-0.39, 0.29) is 6.09 Å². The molecule has 0 aromatic heterocycles. The minimum atomic E-state index is -0.356. The third kappa shape index (κ3) is 12.8. The Morgan fingerprint density at radius 1 is 0.647 bits per heavy atom. The highest BCUT2D eigenvalue weighted by molar-refractivity contribution is 5.84. The second kappa shape index (κ2) is 16.3. The Morgan fingerprint density at radius 3 is 1.68 bits per heavy atom. The first kappa shape index (κ1) is 27.9. The van der Waals surface area contributed by atoms with Crippen molar-refractivity contribution in [3.8, 4) is 0 Å². The molecule has 0 bridgehead atoms. The van der Waals surface area contributed by atoms with Gasteiger partial charge in [0.2, 0.25) is 0 Å². The maximum Gasteiger partial charge on any atom is 0.411 e. The molecule has 0 aliphatic rings. The van der Waals surface area contributed by atoms with Crippen LogP contribution in [0.15, 0.2) is 36.4 Å². The van der Waals surface area contributed by atoms with E-state index in [9.17, 15) is 4.79 Å². The minimum Gasteiger partial charge on any atom is -0.449 e. The normalized spacial score (nSPS) is 10.9. The number of hydrogen-bond donors (Lipinski definition) is 2. The summed E-state index contributed by atoms with van der Waals surface area (Å²) in [7, 11) is 0. The van der Waals surface area contributed by atoms with E-state index in [0.717, 1.165) is 42.7 Å². The van der Waals surface area contributed by atoms with E-state index < -0.39 is 0 Å². The fraction of sp³-hybridized carbons (Fsp3) is 0.567. The number of unbranched alkanes of at least 4 members (excludes halogenated alkanes) is 9. The van der Waals surface area contributed by atoms with Gasteiger partial charge in [0.1, 0.15) is 0 Å². The van der Waals surface area contributed by atoms with Crippen LogP contribution in [-0.4, -0.2) is 19.2 Å². The van der Waals surface area contributed by atoms with E-state index in [1.165, 1.54) is 68.1 Å². The van der Waals surface area contributed by atoms with E-state index >= 15 is 0 Å². The van der Waals surface area contributed by atoms with E-state index in [0.29, 0.717) is 6.61 Å². The number of aryl methyl sites for hydroxylation is 4. The number of anilines is 1. The summed E-state index contributed by atoms with van der Waals surface area (Å²) in [5.41, 5.74) is 7.16. The average Bonchev–Trinajstić information content (AvgIpc) is 2.75. The molecule has 0 atom stereocenters.